The SMILES string of the molecule is CC(C)OC(=O)/C=C/C(=O)OCCNC(=O)OCC1CCCCC1. The summed E-state index contributed by atoms with van der Waals surface area (Å²) in [5.41, 5.74) is 0. The smallest absolute Gasteiger partial charge is 0.407 e. The van der Waals surface area contributed by atoms with Crippen LogP contribution in [0.25, 0.3) is 0 Å². The van der Waals surface area contributed by atoms with Crippen molar-refractivity contribution in [1.29, 1.82) is 0 Å². The number of carbonyl (C=O) groups excluding carboxylic acids is 3. The lowest BCUT2D eigenvalue weighted by molar-refractivity contribution is -0.142. The molecule has 24 heavy (non-hydrogen) atoms. The third-order valence-corrected chi connectivity index (χ3v) is 3.50. The number of hydrogen-bond acceptors (Lipinski definition) is 6. The molecule has 1 aliphatic carbocycles. The first-order valence-electron chi connectivity index (χ1n) is 8.43. The molecular weight excluding hydrogens is 314 g/mol. The van der Waals surface area contributed by atoms with Gasteiger partial charge in [-0.25, -0.2) is 14.4 Å². The second-order valence-corrected chi connectivity index (χ2v) is 6.02. The first-order chi connectivity index (χ1) is 11.5. The number of esters is 2. The average Bonchev–Trinajstić information content (AvgIpc) is 2.55. The molecule has 0 saturated heterocycles. The zero-order chi connectivity index (χ0) is 17.8. The van der Waals surface area contributed by atoms with Crippen LogP contribution in [0.15, 0.2) is 12.2 Å². The van der Waals surface area contributed by atoms with Crippen LogP contribution in [0.2, 0.25) is 0 Å². The Kier molecular flexibility index (Phi) is 9.56. The standard InChI is InChI=1S/C17H27NO6/c1-13(2)24-16(20)9-8-15(19)22-11-10-18-17(21)23-12-14-6-4-3-5-7-14/h8-9,13-14H,3-7,10-12H2,1-2H3,(H,18,21)/b9-8+. The third-order valence-electron chi connectivity index (χ3n) is 3.50. The van der Waals surface area contributed by atoms with Crippen LogP contribution in [-0.2, 0) is 23.8 Å². The lowest BCUT2D eigenvalue weighted by atomic mass is 9.90. The van der Waals surface area contributed by atoms with Gasteiger partial charge in [0.1, 0.15) is 6.61 Å². The van der Waals surface area contributed by atoms with E-state index < -0.39 is 18.0 Å². The maximum atomic E-state index is 11.5. The van der Waals surface area contributed by atoms with E-state index in [0.717, 1.165) is 25.0 Å². The summed E-state index contributed by atoms with van der Waals surface area (Å²) < 4.78 is 14.8. The molecule has 0 bridgehead atoms. The van der Waals surface area contributed by atoms with Gasteiger partial charge in [0.2, 0.25) is 0 Å². The van der Waals surface area contributed by atoms with E-state index in [9.17, 15) is 14.4 Å². The van der Waals surface area contributed by atoms with Crippen molar-refractivity contribution in [3.05, 3.63) is 12.2 Å². The molecule has 1 amide bonds. The van der Waals surface area contributed by atoms with Crippen LogP contribution in [-0.4, -0.2) is 43.9 Å². The van der Waals surface area contributed by atoms with Gasteiger partial charge in [-0.05, 0) is 32.6 Å². The number of rotatable bonds is 8. The van der Waals surface area contributed by atoms with Crippen molar-refractivity contribution in [2.75, 3.05) is 19.8 Å². The van der Waals surface area contributed by atoms with Crippen molar-refractivity contribution in [2.45, 2.75) is 52.1 Å². The average molecular weight is 341 g/mol. The molecule has 0 atom stereocenters. The Labute approximate surface area is 142 Å². The molecule has 0 radical (unpaired) electrons. The zero-order valence-electron chi connectivity index (χ0n) is 14.4. The summed E-state index contributed by atoms with van der Waals surface area (Å²) in [6.07, 6.45) is 7.12. The fraction of sp³-hybridized carbons (Fsp3) is 0.706. The fourth-order valence-corrected chi connectivity index (χ4v) is 2.36. The second kappa shape index (κ2) is 11.5. The minimum atomic E-state index is -0.673. The molecule has 0 heterocycles. The van der Waals surface area contributed by atoms with E-state index in [1.54, 1.807) is 13.8 Å². The van der Waals surface area contributed by atoms with Crippen LogP contribution in [0, 0.1) is 5.92 Å². The number of amides is 1. The molecule has 0 spiro atoms. The van der Waals surface area contributed by atoms with Gasteiger partial charge in [-0.2, -0.15) is 0 Å². The highest BCUT2D eigenvalue weighted by atomic mass is 16.6. The van der Waals surface area contributed by atoms with Crippen molar-refractivity contribution in [2.24, 2.45) is 5.92 Å². The summed E-state index contributed by atoms with van der Waals surface area (Å²) in [5, 5.41) is 2.51. The van der Waals surface area contributed by atoms with Gasteiger partial charge in [0.25, 0.3) is 0 Å². The molecule has 7 nitrogen and oxygen atoms in total. The Morgan fingerprint density at radius 3 is 2.38 bits per heavy atom. The number of hydrogen-bond donors (Lipinski definition) is 1. The van der Waals surface area contributed by atoms with Gasteiger partial charge in [-0.3, -0.25) is 0 Å². The van der Waals surface area contributed by atoms with Crippen molar-refractivity contribution >= 4 is 18.0 Å². The summed E-state index contributed by atoms with van der Waals surface area (Å²) >= 11 is 0. The van der Waals surface area contributed by atoms with Crippen LogP contribution in [0.4, 0.5) is 4.79 Å². The molecule has 0 aromatic heterocycles. The second-order valence-electron chi connectivity index (χ2n) is 6.02. The van der Waals surface area contributed by atoms with Gasteiger partial charge >= 0.3 is 18.0 Å². The third kappa shape index (κ3) is 9.86. The van der Waals surface area contributed by atoms with E-state index >= 15 is 0 Å². The Morgan fingerprint density at radius 1 is 1.04 bits per heavy atom. The van der Waals surface area contributed by atoms with Gasteiger partial charge in [0.05, 0.1) is 19.3 Å². The molecule has 1 fully saturated rings. The maximum absolute atomic E-state index is 11.5. The summed E-state index contributed by atoms with van der Waals surface area (Å²) in [4.78, 5) is 34.0. The summed E-state index contributed by atoms with van der Waals surface area (Å²) in [6, 6.07) is 0. The lowest BCUT2D eigenvalue weighted by Crippen LogP contribution is -2.30. The lowest BCUT2D eigenvalue weighted by Gasteiger charge is -2.21. The molecule has 0 aliphatic heterocycles. The first-order valence-corrected chi connectivity index (χ1v) is 8.43. The van der Waals surface area contributed by atoms with Gasteiger partial charge in [0, 0.05) is 12.2 Å². The molecule has 0 aromatic rings. The summed E-state index contributed by atoms with van der Waals surface area (Å²) in [7, 11) is 0. The molecule has 7 heteroatoms. The van der Waals surface area contributed by atoms with Crippen LogP contribution in [0.1, 0.15) is 46.0 Å². The van der Waals surface area contributed by atoms with Crippen molar-refractivity contribution in [3.63, 3.8) is 0 Å². The number of ether oxygens (including phenoxy) is 3. The summed E-state index contributed by atoms with van der Waals surface area (Å²) in [5.74, 6) is -0.822. The normalized spacial score (nSPS) is 15.3. The largest absolute Gasteiger partial charge is 0.461 e. The summed E-state index contributed by atoms with van der Waals surface area (Å²) in [6.45, 7) is 4.01. The maximum Gasteiger partial charge on any atom is 0.407 e. The van der Waals surface area contributed by atoms with Gasteiger partial charge < -0.3 is 19.5 Å². The zero-order valence-corrected chi connectivity index (χ0v) is 14.4. The van der Waals surface area contributed by atoms with Crippen molar-refractivity contribution in [1.82, 2.24) is 5.32 Å². The Balaban J connectivity index is 2.05. The minimum absolute atomic E-state index is 0.000923. The van der Waals surface area contributed by atoms with Gasteiger partial charge in [0.15, 0.2) is 0 Å². The van der Waals surface area contributed by atoms with Crippen LogP contribution in [0.5, 0.6) is 0 Å². The van der Waals surface area contributed by atoms with Crippen LogP contribution in [0.3, 0.4) is 0 Å². The Bertz CT molecular complexity index is 440. The van der Waals surface area contributed by atoms with Crippen molar-refractivity contribution in [3.8, 4) is 0 Å². The highest BCUT2D eigenvalue weighted by Gasteiger charge is 2.15. The van der Waals surface area contributed by atoms with Crippen molar-refractivity contribution < 1.29 is 28.6 Å². The number of nitrogens with one attached hydrogen (secondary N) is 1. The van der Waals surface area contributed by atoms with Crippen LogP contribution < -0.4 is 5.32 Å². The van der Waals surface area contributed by atoms with E-state index in [4.69, 9.17) is 14.2 Å². The highest BCUT2D eigenvalue weighted by Crippen LogP contribution is 2.23. The quantitative estimate of drug-likeness (QED) is 0.315. The number of carbonyl (C=O) groups is 3. The molecule has 0 unspecified atom stereocenters. The molecule has 136 valence electrons. The van der Waals surface area contributed by atoms with E-state index in [0.29, 0.717) is 12.5 Å². The van der Waals surface area contributed by atoms with Gasteiger partial charge in [-0.1, -0.05) is 19.3 Å². The molecule has 1 N–H and O–H groups in total. The Hall–Kier alpha value is -2.05. The van der Waals surface area contributed by atoms with E-state index in [-0.39, 0.29) is 19.3 Å². The monoisotopic (exact) mass is 341 g/mol. The van der Waals surface area contributed by atoms with E-state index in [1.165, 1.54) is 19.3 Å². The minimum Gasteiger partial charge on any atom is -0.461 e. The van der Waals surface area contributed by atoms with E-state index in [1.807, 2.05) is 0 Å². The Morgan fingerprint density at radius 2 is 1.71 bits per heavy atom. The topological polar surface area (TPSA) is 90.9 Å². The molecule has 0 aromatic carbocycles. The highest BCUT2D eigenvalue weighted by molar-refractivity contribution is 5.91. The predicted molar refractivity (Wildman–Crippen MR) is 87.3 cm³/mol. The predicted octanol–water partition coefficient (Wildman–Crippen LogP) is 2.34. The fourth-order valence-electron chi connectivity index (χ4n) is 2.36. The first kappa shape index (κ1) is 20.0. The van der Waals surface area contributed by atoms with Crippen LogP contribution >= 0.6 is 0 Å². The molecular formula is C17H27NO6. The van der Waals surface area contributed by atoms with Gasteiger partial charge in [-0.15, -0.1) is 0 Å². The van der Waals surface area contributed by atoms with E-state index in [2.05, 4.69) is 5.32 Å². The molecule has 1 rings (SSSR count). The molecule has 1 aliphatic rings. The molecule has 1 saturated carbocycles. The number of alkyl carbamates (subject to hydrolysis) is 1.